The van der Waals surface area contributed by atoms with Gasteiger partial charge < -0.3 is 14.8 Å². The molecule has 0 spiro atoms. The smallest absolute Gasteiger partial charge is 0.343 e. The number of amides is 2. The average Bonchev–Trinajstić information content (AvgIpc) is 2.81. The van der Waals surface area contributed by atoms with Crippen LogP contribution in [0.15, 0.2) is 77.9 Å². The lowest BCUT2D eigenvalue weighted by Crippen LogP contribution is -2.32. The molecule has 8 heteroatoms. The van der Waals surface area contributed by atoms with Gasteiger partial charge in [-0.05, 0) is 55.0 Å². The molecule has 2 N–H and O–H groups in total. The van der Waals surface area contributed by atoms with Crippen molar-refractivity contribution < 1.29 is 23.9 Å². The van der Waals surface area contributed by atoms with Crippen LogP contribution in [0.5, 0.6) is 11.5 Å². The van der Waals surface area contributed by atoms with E-state index < -0.39 is 17.8 Å². The SMILES string of the molecule is COc1cc(/C=N/NC(=O)C(=O)Nc2ccc(C)cc2)ccc1OC(=O)c1ccccc1. The summed E-state index contributed by atoms with van der Waals surface area (Å²) in [6.45, 7) is 1.92. The fraction of sp³-hybridized carbons (Fsp3) is 0.0833. The number of esters is 1. The number of rotatable bonds is 6. The van der Waals surface area contributed by atoms with Crippen LogP contribution in [0.3, 0.4) is 0 Å². The fourth-order valence-electron chi connectivity index (χ4n) is 2.62. The number of nitrogens with one attached hydrogen (secondary N) is 2. The minimum absolute atomic E-state index is 0.236. The largest absolute Gasteiger partial charge is 0.493 e. The summed E-state index contributed by atoms with van der Waals surface area (Å²) < 4.78 is 10.7. The standard InChI is InChI=1S/C24H21N3O5/c1-16-8-11-19(12-9-16)26-22(28)23(29)27-25-15-17-10-13-20(21(14-17)31-2)32-24(30)18-6-4-3-5-7-18/h3-15H,1-2H3,(H,26,28)(H,27,29)/b25-15+. The van der Waals surface area contributed by atoms with Gasteiger partial charge in [-0.25, -0.2) is 10.2 Å². The molecule has 0 aliphatic heterocycles. The van der Waals surface area contributed by atoms with Crippen LogP contribution in [0.25, 0.3) is 0 Å². The number of ether oxygens (including phenoxy) is 2. The van der Waals surface area contributed by atoms with E-state index in [0.717, 1.165) is 5.56 Å². The Hall–Kier alpha value is -4.46. The van der Waals surface area contributed by atoms with E-state index in [1.807, 2.05) is 19.1 Å². The highest BCUT2D eigenvalue weighted by atomic mass is 16.6. The number of hydrogen-bond acceptors (Lipinski definition) is 6. The number of hydrazone groups is 1. The summed E-state index contributed by atoms with van der Waals surface area (Å²) in [6.07, 6.45) is 1.34. The van der Waals surface area contributed by atoms with Crippen LogP contribution in [0.4, 0.5) is 5.69 Å². The van der Waals surface area contributed by atoms with E-state index in [1.165, 1.54) is 13.3 Å². The van der Waals surface area contributed by atoms with Gasteiger partial charge in [0.1, 0.15) is 0 Å². The van der Waals surface area contributed by atoms with Crippen molar-refractivity contribution in [1.29, 1.82) is 0 Å². The number of methoxy groups -OCH3 is 1. The zero-order valence-corrected chi connectivity index (χ0v) is 17.5. The van der Waals surface area contributed by atoms with Gasteiger partial charge in [0.15, 0.2) is 11.5 Å². The summed E-state index contributed by atoms with van der Waals surface area (Å²) in [7, 11) is 1.44. The van der Waals surface area contributed by atoms with Crippen molar-refractivity contribution in [2.45, 2.75) is 6.92 Å². The van der Waals surface area contributed by atoms with Crippen molar-refractivity contribution in [3.8, 4) is 11.5 Å². The summed E-state index contributed by atoms with van der Waals surface area (Å²) in [6, 6.07) is 20.4. The first-order valence-electron chi connectivity index (χ1n) is 9.62. The summed E-state index contributed by atoms with van der Waals surface area (Å²) in [5.74, 6) is -1.73. The monoisotopic (exact) mass is 431 g/mol. The zero-order valence-electron chi connectivity index (χ0n) is 17.5. The molecule has 0 fully saturated rings. The lowest BCUT2D eigenvalue weighted by Gasteiger charge is -2.10. The second kappa shape index (κ2) is 10.5. The first kappa shape index (κ1) is 22.2. The molecule has 3 aromatic carbocycles. The second-order valence-electron chi connectivity index (χ2n) is 6.69. The first-order valence-corrected chi connectivity index (χ1v) is 9.62. The highest BCUT2D eigenvalue weighted by molar-refractivity contribution is 6.39. The third-order valence-corrected chi connectivity index (χ3v) is 4.30. The van der Waals surface area contributed by atoms with Gasteiger partial charge in [-0.15, -0.1) is 0 Å². The van der Waals surface area contributed by atoms with E-state index in [1.54, 1.807) is 60.7 Å². The predicted octanol–water partition coefficient (Wildman–Crippen LogP) is 3.31. The number of carbonyl (C=O) groups excluding carboxylic acids is 3. The Bertz CT molecular complexity index is 1140. The molecule has 32 heavy (non-hydrogen) atoms. The van der Waals surface area contributed by atoms with E-state index >= 15 is 0 Å². The Balaban J connectivity index is 1.59. The molecule has 0 atom stereocenters. The van der Waals surface area contributed by atoms with Crippen molar-refractivity contribution >= 4 is 29.7 Å². The summed E-state index contributed by atoms with van der Waals surface area (Å²) >= 11 is 0. The van der Waals surface area contributed by atoms with Crippen LogP contribution in [-0.4, -0.2) is 31.1 Å². The molecule has 3 aromatic rings. The number of benzene rings is 3. The lowest BCUT2D eigenvalue weighted by molar-refractivity contribution is -0.136. The van der Waals surface area contributed by atoms with Gasteiger partial charge in [0, 0.05) is 5.69 Å². The van der Waals surface area contributed by atoms with Crippen LogP contribution in [0.2, 0.25) is 0 Å². The molecule has 0 saturated heterocycles. The van der Waals surface area contributed by atoms with E-state index in [0.29, 0.717) is 22.6 Å². The Kier molecular flexibility index (Phi) is 7.32. The number of hydrogen-bond donors (Lipinski definition) is 2. The maximum atomic E-state index is 12.2. The third kappa shape index (κ3) is 6.02. The summed E-state index contributed by atoms with van der Waals surface area (Å²) in [5.41, 5.74) is 4.67. The number of anilines is 1. The highest BCUT2D eigenvalue weighted by Crippen LogP contribution is 2.28. The zero-order chi connectivity index (χ0) is 22.9. The minimum Gasteiger partial charge on any atom is -0.493 e. The van der Waals surface area contributed by atoms with Crippen molar-refractivity contribution in [3.63, 3.8) is 0 Å². The maximum absolute atomic E-state index is 12.2. The molecule has 162 valence electrons. The van der Waals surface area contributed by atoms with Crippen LogP contribution >= 0.6 is 0 Å². The van der Waals surface area contributed by atoms with Crippen LogP contribution in [-0.2, 0) is 9.59 Å². The summed E-state index contributed by atoms with van der Waals surface area (Å²) in [4.78, 5) is 36.1. The molecule has 0 heterocycles. The van der Waals surface area contributed by atoms with E-state index in [4.69, 9.17) is 9.47 Å². The van der Waals surface area contributed by atoms with Gasteiger partial charge in [-0.1, -0.05) is 35.9 Å². The fourth-order valence-corrected chi connectivity index (χ4v) is 2.62. The Morgan fingerprint density at radius 2 is 1.59 bits per heavy atom. The van der Waals surface area contributed by atoms with Gasteiger partial charge in [-0.3, -0.25) is 9.59 Å². The number of aryl methyl sites for hydroxylation is 1. The number of nitrogens with zero attached hydrogens (tertiary/aromatic N) is 1. The van der Waals surface area contributed by atoms with Gasteiger partial charge in [0.05, 0.1) is 18.9 Å². The Morgan fingerprint density at radius 1 is 0.875 bits per heavy atom. The van der Waals surface area contributed by atoms with Gasteiger partial charge in [0.25, 0.3) is 0 Å². The molecule has 8 nitrogen and oxygen atoms in total. The van der Waals surface area contributed by atoms with Gasteiger partial charge in [0.2, 0.25) is 0 Å². The first-order chi connectivity index (χ1) is 15.5. The van der Waals surface area contributed by atoms with E-state index in [9.17, 15) is 14.4 Å². The molecule has 2 amide bonds. The Labute approximate surface area is 184 Å². The van der Waals surface area contributed by atoms with Gasteiger partial charge >= 0.3 is 17.8 Å². The topological polar surface area (TPSA) is 106 Å². The molecular weight excluding hydrogens is 410 g/mol. The highest BCUT2D eigenvalue weighted by Gasteiger charge is 2.14. The summed E-state index contributed by atoms with van der Waals surface area (Å²) in [5, 5.41) is 6.26. The molecule has 0 unspecified atom stereocenters. The Morgan fingerprint density at radius 3 is 2.28 bits per heavy atom. The van der Waals surface area contributed by atoms with E-state index in [2.05, 4.69) is 15.8 Å². The number of carbonyl (C=O) groups is 3. The second-order valence-corrected chi connectivity index (χ2v) is 6.69. The van der Waals surface area contributed by atoms with Crippen LogP contribution in [0.1, 0.15) is 21.5 Å². The minimum atomic E-state index is -0.915. The normalized spacial score (nSPS) is 10.4. The molecule has 0 aliphatic carbocycles. The van der Waals surface area contributed by atoms with Crippen molar-refractivity contribution in [2.24, 2.45) is 5.10 Å². The molecule has 0 saturated carbocycles. The van der Waals surface area contributed by atoms with Crippen molar-refractivity contribution in [1.82, 2.24) is 5.43 Å². The average molecular weight is 431 g/mol. The molecule has 0 aromatic heterocycles. The molecule has 0 radical (unpaired) electrons. The maximum Gasteiger partial charge on any atom is 0.343 e. The van der Waals surface area contributed by atoms with Gasteiger partial charge in [-0.2, -0.15) is 5.10 Å². The van der Waals surface area contributed by atoms with Crippen LogP contribution < -0.4 is 20.2 Å². The molecule has 0 bridgehead atoms. The van der Waals surface area contributed by atoms with Crippen molar-refractivity contribution in [2.75, 3.05) is 12.4 Å². The molecule has 3 rings (SSSR count). The third-order valence-electron chi connectivity index (χ3n) is 4.30. The van der Waals surface area contributed by atoms with Crippen molar-refractivity contribution in [3.05, 3.63) is 89.5 Å². The van der Waals surface area contributed by atoms with Crippen LogP contribution in [0, 0.1) is 6.92 Å². The molecular formula is C24H21N3O5. The lowest BCUT2D eigenvalue weighted by atomic mass is 10.2. The van der Waals surface area contributed by atoms with E-state index in [-0.39, 0.29) is 5.75 Å². The molecule has 0 aliphatic rings. The quantitative estimate of drug-likeness (QED) is 0.205. The predicted molar refractivity (Wildman–Crippen MR) is 120 cm³/mol.